The first-order valence-corrected chi connectivity index (χ1v) is 12.9. The van der Waals surface area contributed by atoms with Gasteiger partial charge >= 0.3 is 5.97 Å². The van der Waals surface area contributed by atoms with E-state index in [9.17, 15) is 4.79 Å². The van der Waals surface area contributed by atoms with E-state index in [1.807, 2.05) is 12.1 Å². The molecule has 1 fully saturated rings. The zero-order chi connectivity index (χ0) is 23.4. The number of nitrogens with one attached hydrogen (secondary N) is 2. The fourth-order valence-electron chi connectivity index (χ4n) is 5.99. The van der Waals surface area contributed by atoms with Gasteiger partial charge in [-0.3, -0.25) is 0 Å². The van der Waals surface area contributed by atoms with Gasteiger partial charge in [-0.15, -0.1) is 0 Å². The fourth-order valence-corrected chi connectivity index (χ4v) is 5.99. The van der Waals surface area contributed by atoms with E-state index in [4.69, 9.17) is 9.72 Å². The van der Waals surface area contributed by atoms with Crippen molar-refractivity contribution in [1.82, 2.24) is 15.3 Å². The number of aromatic nitrogens is 2. The minimum Gasteiger partial charge on any atom is -0.465 e. The molecule has 33 heavy (non-hydrogen) atoms. The van der Waals surface area contributed by atoms with E-state index in [1.165, 1.54) is 57.8 Å². The number of methoxy groups -OCH3 is 1. The number of esters is 1. The van der Waals surface area contributed by atoms with E-state index in [2.05, 4.69) is 37.1 Å². The van der Waals surface area contributed by atoms with Crippen molar-refractivity contribution in [1.29, 1.82) is 0 Å². The predicted molar refractivity (Wildman–Crippen MR) is 134 cm³/mol. The molecule has 0 radical (unpaired) electrons. The van der Waals surface area contributed by atoms with Crippen molar-refractivity contribution in [2.75, 3.05) is 20.2 Å². The first kappa shape index (κ1) is 24.0. The van der Waals surface area contributed by atoms with Crippen molar-refractivity contribution in [3.05, 3.63) is 41.2 Å². The molecule has 3 unspecified atom stereocenters. The summed E-state index contributed by atoms with van der Waals surface area (Å²) < 4.78 is 4.85. The molecule has 5 heteroatoms. The average molecular weight is 452 g/mol. The van der Waals surface area contributed by atoms with Crippen LogP contribution in [0.1, 0.15) is 75.5 Å². The van der Waals surface area contributed by atoms with E-state index in [-0.39, 0.29) is 5.97 Å². The highest BCUT2D eigenvalue weighted by Crippen LogP contribution is 2.38. The number of hydrogen-bond acceptors (Lipinski definition) is 4. The Morgan fingerprint density at radius 3 is 2.73 bits per heavy atom. The lowest BCUT2D eigenvalue weighted by Crippen LogP contribution is -2.36. The van der Waals surface area contributed by atoms with Gasteiger partial charge < -0.3 is 15.0 Å². The molecule has 0 saturated heterocycles. The lowest BCUT2D eigenvalue weighted by atomic mass is 9.69. The van der Waals surface area contributed by atoms with Gasteiger partial charge in [0, 0.05) is 13.0 Å². The summed E-state index contributed by atoms with van der Waals surface area (Å²) in [6.07, 6.45) is 11.7. The Hall–Kier alpha value is -2.14. The van der Waals surface area contributed by atoms with Crippen LogP contribution in [0.2, 0.25) is 0 Å². The van der Waals surface area contributed by atoms with Gasteiger partial charge in [-0.05, 0) is 80.5 Å². The number of aromatic amines is 1. The number of carbonyl (C=O) groups is 1. The molecule has 0 spiro atoms. The Balaban J connectivity index is 1.41. The lowest BCUT2D eigenvalue weighted by Gasteiger charge is -2.37. The number of H-pyrrole nitrogens is 1. The van der Waals surface area contributed by atoms with Gasteiger partial charge in [-0.25, -0.2) is 9.78 Å². The molecule has 5 nitrogen and oxygen atoms in total. The molecule has 0 bridgehead atoms. The van der Waals surface area contributed by atoms with Crippen LogP contribution in [0.4, 0.5) is 0 Å². The smallest absolute Gasteiger partial charge is 0.337 e. The first-order chi connectivity index (χ1) is 15.9. The van der Waals surface area contributed by atoms with Crippen molar-refractivity contribution in [2.24, 2.45) is 29.6 Å². The maximum atomic E-state index is 11.9. The standard InChI is InChI=1S/C28H41N3O2/c1-18(2)24-13-22(19(3)12-23(24)17-29-16-20-8-6-5-7-9-20)15-27-30-25-11-10-21(28(32)33-4)14-26(25)31-27/h10-12,14,18,20,22-24,29H,5-9,13,15-17H2,1-4H3,(H,30,31). The predicted octanol–water partition coefficient (Wildman–Crippen LogP) is 5.92. The summed E-state index contributed by atoms with van der Waals surface area (Å²) in [6, 6.07) is 5.52. The number of ether oxygens (including phenoxy) is 1. The van der Waals surface area contributed by atoms with Crippen LogP contribution in [0.5, 0.6) is 0 Å². The van der Waals surface area contributed by atoms with Crippen LogP contribution in [-0.4, -0.2) is 36.1 Å². The van der Waals surface area contributed by atoms with Crippen LogP contribution in [0, 0.1) is 29.6 Å². The minimum atomic E-state index is -0.318. The molecule has 1 aromatic carbocycles. The Bertz CT molecular complexity index is 971. The summed E-state index contributed by atoms with van der Waals surface area (Å²) in [5, 5.41) is 3.83. The number of nitrogens with zero attached hydrogens (tertiary/aromatic N) is 1. The number of benzene rings is 1. The Morgan fingerprint density at radius 2 is 2.00 bits per heavy atom. The number of hydrogen-bond donors (Lipinski definition) is 2. The molecule has 1 aromatic heterocycles. The Morgan fingerprint density at radius 1 is 1.21 bits per heavy atom. The SMILES string of the molecule is COC(=O)c1ccc2nc(CC3CC(C(C)C)C(CNCC4CCCCC4)C=C3C)[nH]c2c1. The lowest BCUT2D eigenvalue weighted by molar-refractivity contribution is 0.0601. The van der Waals surface area contributed by atoms with E-state index in [0.717, 1.165) is 35.7 Å². The monoisotopic (exact) mass is 451 g/mol. The zero-order valence-electron chi connectivity index (χ0n) is 20.8. The van der Waals surface area contributed by atoms with Crippen molar-refractivity contribution < 1.29 is 9.53 Å². The van der Waals surface area contributed by atoms with Gasteiger partial charge in [0.25, 0.3) is 0 Å². The van der Waals surface area contributed by atoms with E-state index in [0.29, 0.717) is 29.2 Å². The minimum absolute atomic E-state index is 0.318. The van der Waals surface area contributed by atoms with Gasteiger partial charge in [-0.1, -0.05) is 44.8 Å². The largest absolute Gasteiger partial charge is 0.465 e. The molecule has 0 amide bonds. The second-order valence-corrected chi connectivity index (χ2v) is 10.7. The molecule has 2 aromatic rings. The summed E-state index contributed by atoms with van der Waals surface area (Å²) in [4.78, 5) is 20.1. The van der Waals surface area contributed by atoms with Crippen LogP contribution in [0.25, 0.3) is 11.0 Å². The summed E-state index contributed by atoms with van der Waals surface area (Å²) in [6.45, 7) is 9.33. The average Bonchev–Trinajstić information content (AvgIpc) is 3.22. The molecule has 1 saturated carbocycles. The molecule has 2 aliphatic rings. The van der Waals surface area contributed by atoms with Gasteiger partial charge in [0.15, 0.2) is 0 Å². The molecule has 2 N–H and O–H groups in total. The normalized spacial score (nSPS) is 24.3. The molecular formula is C28H41N3O2. The molecule has 1 heterocycles. The van der Waals surface area contributed by atoms with Crippen molar-refractivity contribution in [2.45, 2.75) is 65.7 Å². The summed E-state index contributed by atoms with van der Waals surface area (Å²) >= 11 is 0. The van der Waals surface area contributed by atoms with Gasteiger partial charge in [0.1, 0.15) is 5.82 Å². The van der Waals surface area contributed by atoms with Gasteiger partial charge in [-0.2, -0.15) is 0 Å². The van der Waals surface area contributed by atoms with Crippen LogP contribution in [0.3, 0.4) is 0 Å². The van der Waals surface area contributed by atoms with Crippen LogP contribution < -0.4 is 5.32 Å². The fraction of sp³-hybridized carbons (Fsp3) is 0.643. The maximum absolute atomic E-state index is 11.9. The van der Waals surface area contributed by atoms with Crippen LogP contribution in [-0.2, 0) is 11.2 Å². The summed E-state index contributed by atoms with van der Waals surface area (Å²) in [5.41, 5.74) is 3.85. The van der Waals surface area contributed by atoms with Crippen molar-refractivity contribution in [3.8, 4) is 0 Å². The Kier molecular flexibility index (Phi) is 7.90. The highest BCUT2D eigenvalue weighted by atomic mass is 16.5. The molecule has 3 atom stereocenters. The van der Waals surface area contributed by atoms with Gasteiger partial charge in [0.2, 0.25) is 0 Å². The third kappa shape index (κ3) is 5.87. The molecule has 4 rings (SSSR count). The third-order valence-corrected chi connectivity index (χ3v) is 8.01. The second-order valence-electron chi connectivity index (χ2n) is 10.7. The first-order valence-electron chi connectivity index (χ1n) is 12.9. The van der Waals surface area contributed by atoms with E-state index >= 15 is 0 Å². The van der Waals surface area contributed by atoms with Crippen LogP contribution >= 0.6 is 0 Å². The zero-order valence-corrected chi connectivity index (χ0v) is 20.8. The number of allylic oxidation sites excluding steroid dienone is 1. The van der Waals surface area contributed by atoms with E-state index in [1.54, 1.807) is 6.07 Å². The van der Waals surface area contributed by atoms with E-state index < -0.39 is 0 Å². The van der Waals surface area contributed by atoms with Crippen LogP contribution in [0.15, 0.2) is 29.8 Å². The van der Waals surface area contributed by atoms with Gasteiger partial charge in [0.05, 0.1) is 23.7 Å². The number of imidazole rings is 1. The second kappa shape index (κ2) is 10.9. The highest BCUT2D eigenvalue weighted by Gasteiger charge is 2.32. The van der Waals surface area contributed by atoms with Crippen molar-refractivity contribution in [3.63, 3.8) is 0 Å². The number of rotatable bonds is 8. The summed E-state index contributed by atoms with van der Waals surface area (Å²) in [5.74, 6) is 4.04. The maximum Gasteiger partial charge on any atom is 0.337 e. The molecule has 2 aliphatic carbocycles. The molecule has 180 valence electrons. The topological polar surface area (TPSA) is 67.0 Å². The number of fused-ring (bicyclic) bond motifs is 1. The highest BCUT2D eigenvalue weighted by molar-refractivity contribution is 5.93. The quantitative estimate of drug-likeness (QED) is 0.386. The van der Waals surface area contributed by atoms with Crippen molar-refractivity contribution >= 4 is 17.0 Å². The molecular weight excluding hydrogens is 410 g/mol. The molecule has 0 aliphatic heterocycles. The third-order valence-electron chi connectivity index (χ3n) is 8.01. The summed E-state index contributed by atoms with van der Waals surface area (Å²) in [7, 11) is 1.41. The number of carbonyl (C=O) groups excluding carboxylic acids is 1. The Labute approximate surface area is 198 Å².